The monoisotopic (exact) mass is 430 g/mol. The quantitative estimate of drug-likeness (QED) is 0.571. The maximum Gasteiger partial charge on any atom is 0.263 e. The molecule has 3 N–H and O–H groups in total. The molecule has 9 nitrogen and oxygen atoms in total. The molecule has 0 aliphatic carbocycles. The van der Waals surface area contributed by atoms with E-state index in [1.165, 1.54) is 47.9 Å². The standard InChI is InChI=1S/C18H14N4O5S2/c23-16-10-27-15-6-1-11(9-14(15)21-16)17(24)20-12-2-4-13(5-3-12)29(25,26)22-18-19-7-8-28-18/h1-9H,10H2,(H,19,22)(H,20,24)(H,21,23). The molecule has 1 aliphatic rings. The number of aromatic nitrogens is 1. The number of ether oxygens (including phenoxy) is 1. The Balaban J connectivity index is 1.47. The van der Waals surface area contributed by atoms with Crippen LogP contribution in [0.1, 0.15) is 10.4 Å². The van der Waals surface area contributed by atoms with Crippen molar-refractivity contribution in [3.05, 3.63) is 59.6 Å². The average molecular weight is 430 g/mol. The zero-order chi connectivity index (χ0) is 20.4. The Bertz CT molecular complexity index is 1180. The molecule has 1 aromatic heterocycles. The molecule has 0 radical (unpaired) electrons. The first-order valence-electron chi connectivity index (χ1n) is 8.31. The van der Waals surface area contributed by atoms with Crippen molar-refractivity contribution in [1.82, 2.24) is 4.98 Å². The Morgan fingerprint density at radius 3 is 2.69 bits per heavy atom. The van der Waals surface area contributed by atoms with Crippen LogP contribution in [0, 0.1) is 0 Å². The third kappa shape index (κ3) is 4.20. The Hall–Kier alpha value is -3.44. The van der Waals surface area contributed by atoms with Crippen molar-refractivity contribution in [1.29, 1.82) is 0 Å². The summed E-state index contributed by atoms with van der Waals surface area (Å²) in [5, 5.41) is 7.25. The number of rotatable bonds is 5. The summed E-state index contributed by atoms with van der Waals surface area (Å²) in [4.78, 5) is 27.8. The average Bonchev–Trinajstić information content (AvgIpc) is 3.20. The van der Waals surface area contributed by atoms with Crippen molar-refractivity contribution in [3.63, 3.8) is 0 Å². The molecular weight excluding hydrogens is 416 g/mol. The summed E-state index contributed by atoms with van der Waals surface area (Å²) in [5.74, 6) is -0.217. The highest BCUT2D eigenvalue weighted by atomic mass is 32.2. The van der Waals surface area contributed by atoms with Gasteiger partial charge in [-0.25, -0.2) is 13.4 Å². The van der Waals surface area contributed by atoms with Crippen molar-refractivity contribution >= 4 is 49.7 Å². The Morgan fingerprint density at radius 2 is 1.97 bits per heavy atom. The second kappa shape index (κ2) is 7.53. The molecule has 29 heavy (non-hydrogen) atoms. The first kappa shape index (κ1) is 18.9. The van der Waals surface area contributed by atoms with Gasteiger partial charge in [0.15, 0.2) is 11.7 Å². The molecule has 0 bridgehead atoms. The number of hydrogen-bond acceptors (Lipinski definition) is 7. The lowest BCUT2D eigenvalue weighted by molar-refractivity contribution is -0.118. The van der Waals surface area contributed by atoms with Crippen molar-refractivity contribution in [2.24, 2.45) is 0 Å². The predicted molar refractivity (Wildman–Crippen MR) is 108 cm³/mol. The van der Waals surface area contributed by atoms with E-state index in [1.807, 2.05) is 0 Å². The van der Waals surface area contributed by atoms with Crippen LogP contribution in [0.5, 0.6) is 5.75 Å². The zero-order valence-corrected chi connectivity index (χ0v) is 16.3. The van der Waals surface area contributed by atoms with Gasteiger partial charge in [-0.2, -0.15) is 0 Å². The minimum atomic E-state index is -3.77. The molecule has 11 heteroatoms. The molecule has 1 aliphatic heterocycles. The maximum atomic E-state index is 12.5. The van der Waals surface area contributed by atoms with Gasteiger partial charge >= 0.3 is 0 Å². The first-order chi connectivity index (χ1) is 13.9. The zero-order valence-electron chi connectivity index (χ0n) is 14.7. The summed E-state index contributed by atoms with van der Waals surface area (Å²) >= 11 is 1.17. The number of amides is 2. The van der Waals surface area contributed by atoms with Gasteiger partial charge in [-0.15, -0.1) is 11.3 Å². The Kier molecular flexibility index (Phi) is 4.91. The van der Waals surface area contributed by atoms with E-state index >= 15 is 0 Å². The smallest absolute Gasteiger partial charge is 0.263 e. The van der Waals surface area contributed by atoms with E-state index in [2.05, 4.69) is 20.3 Å². The highest BCUT2D eigenvalue weighted by molar-refractivity contribution is 7.93. The number of carbonyl (C=O) groups is 2. The fourth-order valence-electron chi connectivity index (χ4n) is 2.59. The molecule has 0 unspecified atom stereocenters. The fourth-order valence-corrected chi connectivity index (χ4v) is 4.38. The first-order valence-corrected chi connectivity index (χ1v) is 10.7. The number of nitrogens with zero attached hydrogens (tertiary/aromatic N) is 1. The van der Waals surface area contributed by atoms with Gasteiger partial charge in [-0.3, -0.25) is 14.3 Å². The highest BCUT2D eigenvalue weighted by Gasteiger charge is 2.19. The van der Waals surface area contributed by atoms with Crippen LogP contribution in [-0.4, -0.2) is 31.8 Å². The van der Waals surface area contributed by atoms with E-state index in [9.17, 15) is 18.0 Å². The molecule has 0 spiro atoms. The third-order valence-corrected chi connectivity index (χ3v) is 6.12. The van der Waals surface area contributed by atoms with Crippen LogP contribution in [0.4, 0.5) is 16.5 Å². The molecule has 0 atom stereocenters. The van der Waals surface area contributed by atoms with Crippen LogP contribution >= 0.6 is 11.3 Å². The minimum Gasteiger partial charge on any atom is -0.482 e. The van der Waals surface area contributed by atoms with Crippen molar-refractivity contribution in [2.45, 2.75) is 4.90 Å². The largest absolute Gasteiger partial charge is 0.482 e. The number of fused-ring (bicyclic) bond motifs is 1. The number of benzene rings is 2. The summed E-state index contributed by atoms with van der Waals surface area (Å²) in [6, 6.07) is 10.4. The molecular formula is C18H14N4O5S2. The second-order valence-corrected chi connectivity index (χ2v) is 8.55. The summed E-state index contributed by atoms with van der Waals surface area (Å²) in [6.45, 7) is -0.0643. The summed E-state index contributed by atoms with van der Waals surface area (Å²) < 4.78 is 32.3. The number of carbonyl (C=O) groups excluding carboxylic acids is 2. The number of thiazole rings is 1. The van der Waals surface area contributed by atoms with E-state index in [0.29, 0.717) is 22.7 Å². The number of anilines is 3. The molecule has 148 valence electrons. The summed E-state index contributed by atoms with van der Waals surface area (Å²) in [6.07, 6.45) is 1.50. The molecule has 2 aromatic carbocycles. The molecule has 2 amide bonds. The van der Waals surface area contributed by atoms with Gasteiger partial charge in [-0.1, -0.05) is 0 Å². The number of nitrogens with one attached hydrogen (secondary N) is 3. The molecule has 0 saturated carbocycles. The van der Waals surface area contributed by atoms with Crippen molar-refractivity contribution in [3.8, 4) is 5.75 Å². The van der Waals surface area contributed by atoms with Crippen LogP contribution in [-0.2, 0) is 14.8 Å². The maximum absolute atomic E-state index is 12.5. The lowest BCUT2D eigenvalue weighted by Gasteiger charge is -2.18. The van der Waals surface area contributed by atoms with Gasteiger partial charge in [0.05, 0.1) is 10.6 Å². The summed E-state index contributed by atoms with van der Waals surface area (Å²) in [7, 11) is -3.77. The van der Waals surface area contributed by atoms with Gasteiger partial charge in [0.2, 0.25) is 0 Å². The van der Waals surface area contributed by atoms with Gasteiger partial charge < -0.3 is 15.4 Å². The molecule has 3 aromatic rings. The lowest BCUT2D eigenvalue weighted by Crippen LogP contribution is -2.25. The Morgan fingerprint density at radius 1 is 1.17 bits per heavy atom. The van der Waals surface area contributed by atoms with Crippen LogP contribution in [0.3, 0.4) is 0 Å². The molecule has 2 heterocycles. The van der Waals surface area contributed by atoms with Crippen molar-refractivity contribution in [2.75, 3.05) is 22.0 Å². The number of sulfonamides is 1. The Labute approximate surface area is 169 Å². The van der Waals surface area contributed by atoms with E-state index in [-0.39, 0.29) is 22.5 Å². The van der Waals surface area contributed by atoms with E-state index in [4.69, 9.17) is 4.74 Å². The van der Waals surface area contributed by atoms with E-state index in [0.717, 1.165) is 0 Å². The minimum absolute atomic E-state index is 0.0411. The molecule has 0 saturated heterocycles. The summed E-state index contributed by atoms with van der Waals surface area (Å²) in [5.41, 5.74) is 1.15. The highest BCUT2D eigenvalue weighted by Crippen LogP contribution is 2.29. The van der Waals surface area contributed by atoms with E-state index < -0.39 is 15.9 Å². The molecule has 0 fully saturated rings. The van der Waals surface area contributed by atoms with E-state index in [1.54, 1.807) is 17.5 Å². The lowest BCUT2D eigenvalue weighted by atomic mass is 10.1. The van der Waals surface area contributed by atoms with Gasteiger partial charge in [0.1, 0.15) is 5.75 Å². The van der Waals surface area contributed by atoms with Crippen molar-refractivity contribution < 1.29 is 22.7 Å². The fraction of sp³-hybridized carbons (Fsp3) is 0.0556. The molecule has 4 rings (SSSR count). The van der Waals surface area contributed by atoms with Gasteiger partial charge in [-0.05, 0) is 42.5 Å². The van der Waals surface area contributed by atoms with Crippen LogP contribution in [0.2, 0.25) is 0 Å². The topological polar surface area (TPSA) is 126 Å². The van der Waals surface area contributed by atoms with Crippen LogP contribution in [0.25, 0.3) is 0 Å². The van der Waals surface area contributed by atoms with Gasteiger partial charge in [0.25, 0.3) is 21.8 Å². The normalized spacial score (nSPS) is 13.0. The second-order valence-electron chi connectivity index (χ2n) is 5.97. The third-order valence-electron chi connectivity index (χ3n) is 3.95. The van der Waals surface area contributed by atoms with Gasteiger partial charge in [0, 0.05) is 22.8 Å². The number of hydrogen-bond donors (Lipinski definition) is 3. The SMILES string of the molecule is O=C1COc2ccc(C(=O)Nc3ccc(S(=O)(=O)Nc4nccs4)cc3)cc2N1. The van der Waals surface area contributed by atoms with Crippen LogP contribution in [0.15, 0.2) is 58.9 Å². The van der Waals surface area contributed by atoms with Crippen LogP contribution < -0.4 is 20.1 Å². The predicted octanol–water partition coefficient (Wildman–Crippen LogP) is 2.53.